The normalized spacial score (nSPS) is 10.6. The molecule has 6 nitrogen and oxygen atoms in total. The summed E-state index contributed by atoms with van der Waals surface area (Å²) in [6.07, 6.45) is 0. The number of rotatable bonds is 6. The zero-order valence-electron chi connectivity index (χ0n) is 18.3. The maximum Gasteiger partial charge on any atom is 0.251 e. The third-order valence-electron chi connectivity index (χ3n) is 5.16. The quantitative estimate of drug-likeness (QED) is 0.447. The summed E-state index contributed by atoms with van der Waals surface area (Å²) >= 11 is 0. The average Bonchev–Trinajstić information content (AvgIpc) is 3.14. The fourth-order valence-corrected chi connectivity index (χ4v) is 3.59. The van der Waals surface area contributed by atoms with Crippen molar-refractivity contribution in [3.63, 3.8) is 0 Å². The van der Waals surface area contributed by atoms with Crippen LogP contribution in [0, 0.1) is 12.7 Å². The second-order valence-corrected chi connectivity index (χ2v) is 7.62. The van der Waals surface area contributed by atoms with Crippen molar-refractivity contribution in [3.05, 3.63) is 102 Å². The molecular weight excluding hydrogens is 419 g/mol. The highest BCUT2D eigenvalue weighted by Crippen LogP contribution is 2.33. The average molecular weight is 442 g/mol. The molecule has 2 N–H and O–H groups in total. The molecule has 0 unspecified atom stereocenters. The molecule has 7 heteroatoms. The van der Waals surface area contributed by atoms with Crippen LogP contribution in [0.15, 0.2) is 78.9 Å². The number of carbonyl (C=O) groups excluding carboxylic acids is 2. The van der Waals surface area contributed by atoms with Gasteiger partial charge in [0.15, 0.2) is 0 Å². The van der Waals surface area contributed by atoms with Crippen molar-refractivity contribution in [1.82, 2.24) is 15.1 Å². The van der Waals surface area contributed by atoms with Gasteiger partial charge in [-0.15, -0.1) is 0 Å². The van der Waals surface area contributed by atoms with E-state index >= 15 is 0 Å². The zero-order chi connectivity index (χ0) is 23.4. The molecule has 0 saturated heterocycles. The molecule has 4 aromatic rings. The Bertz CT molecular complexity index is 1280. The van der Waals surface area contributed by atoms with Gasteiger partial charge in [-0.05, 0) is 54.4 Å². The Morgan fingerprint density at radius 3 is 2.24 bits per heavy atom. The number of anilines is 1. The Balaban J connectivity index is 1.62. The molecule has 0 aliphatic heterocycles. The molecule has 0 aliphatic rings. The van der Waals surface area contributed by atoms with Crippen LogP contribution in [0.25, 0.3) is 16.8 Å². The molecule has 2 amide bonds. The van der Waals surface area contributed by atoms with Crippen LogP contribution in [0.5, 0.6) is 0 Å². The van der Waals surface area contributed by atoms with E-state index in [2.05, 4.69) is 15.7 Å². The first-order chi connectivity index (χ1) is 15.9. The molecule has 0 fully saturated rings. The van der Waals surface area contributed by atoms with Gasteiger partial charge in [-0.2, -0.15) is 5.10 Å². The summed E-state index contributed by atoms with van der Waals surface area (Å²) < 4.78 is 15.0. The first-order valence-electron chi connectivity index (χ1n) is 10.5. The smallest absolute Gasteiger partial charge is 0.251 e. The van der Waals surface area contributed by atoms with E-state index in [4.69, 9.17) is 0 Å². The molecule has 0 saturated carbocycles. The summed E-state index contributed by atoms with van der Waals surface area (Å²) in [5, 5.41) is 10.3. The number of halogens is 1. The van der Waals surface area contributed by atoms with Crippen LogP contribution in [0.1, 0.15) is 28.5 Å². The van der Waals surface area contributed by atoms with Gasteiger partial charge >= 0.3 is 0 Å². The minimum atomic E-state index is -0.342. The summed E-state index contributed by atoms with van der Waals surface area (Å²) in [4.78, 5) is 24.4. The minimum Gasteiger partial charge on any atom is -0.348 e. The minimum absolute atomic E-state index is 0.184. The van der Waals surface area contributed by atoms with E-state index in [9.17, 15) is 14.0 Å². The van der Waals surface area contributed by atoms with E-state index in [-0.39, 0.29) is 17.6 Å². The SMILES string of the molecule is CC(=O)Nc1c(-c2ccc(F)cc2)c(C)nn1-c1ccc(C(=O)NCc2ccccc2)cc1. The van der Waals surface area contributed by atoms with E-state index in [0.717, 1.165) is 11.1 Å². The Morgan fingerprint density at radius 2 is 1.61 bits per heavy atom. The largest absolute Gasteiger partial charge is 0.348 e. The highest BCUT2D eigenvalue weighted by molar-refractivity contribution is 5.95. The molecule has 0 spiro atoms. The molecular formula is C26H23FN4O2. The van der Waals surface area contributed by atoms with Gasteiger partial charge in [0.2, 0.25) is 5.91 Å². The number of benzene rings is 3. The Kier molecular flexibility index (Phi) is 6.31. The molecule has 1 aromatic heterocycles. The molecule has 0 radical (unpaired) electrons. The number of hydrogen-bond donors (Lipinski definition) is 2. The van der Waals surface area contributed by atoms with Crippen molar-refractivity contribution in [2.24, 2.45) is 0 Å². The van der Waals surface area contributed by atoms with E-state index in [1.165, 1.54) is 19.1 Å². The lowest BCUT2D eigenvalue weighted by Crippen LogP contribution is -2.22. The van der Waals surface area contributed by atoms with Crippen molar-refractivity contribution in [2.45, 2.75) is 20.4 Å². The van der Waals surface area contributed by atoms with Crippen molar-refractivity contribution in [2.75, 3.05) is 5.32 Å². The fourth-order valence-electron chi connectivity index (χ4n) is 3.59. The lowest BCUT2D eigenvalue weighted by atomic mass is 10.1. The number of nitrogens with one attached hydrogen (secondary N) is 2. The Morgan fingerprint density at radius 1 is 0.939 bits per heavy atom. The topological polar surface area (TPSA) is 76.0 Å². The Hall–Kier alpha value is -4.26. The van der Waals surface area contributed by atoms with Crippen LogP contribution in [0.3, 0.4) is 0 Å². The van der Waals surface area contributed by atoms with Crippen LogP contribution in [-0.2, 0) is 11.3 Å². The van der Waals surface area contributed by atoms with Gasteiger partial charge in [-0.1, -0.05) is 42.5 Å². The van der Waals surface area contributed by atoms with Gasteiger partial charge in [0, 0.05) is 24.6 Å². The number of nitrogens with zero attached hydrogens (tertiary/aromatic N) is 2. The predicted molar refractivity (Wildman–Crippen MR) is 126 cm³/mol. The molecule has 3 aromatic carbocycles. The van der Waals surface area contributed by atoms with Crippen LogP contribution >= 0.6 is 0 Å². The molecule has 0 aliphatic carbocycles. The predicted octanol–water partition coefficient (Wildman–Crippen LogP) is 4.88. The monoisotopic (exact) mass is 442 g/mol. The van der Waals surface area contributed by atoms with Crippen LogP contribution in [0.2, 0.25) is 0 Å². The van der Waals surface area contributed by atoms with Crippen LogP contribution < -0.4 is 10.6 Å². The van der Waals surface area contributed by atoms with Gasteiger partial charge < -0.3 is 10.6 Å². The second-order valence-electron chi connectivity index (χ2n) is 7.62. The standard InChI is InChI=1S/C26H23FN4O2/c1-17-24(20-8-12-22(27)13-9-20)25(29-18(2)32)31(30-17)23-14-10-21(11-15-23)26(33)28-16-19-6-4-3-5-7-19/h3-15H,16H2,1-2H3,(H,28,33)(H,29,32). The van der Waals surface area contributed by atoms with Crippen molar-refractivity contribution < 1.29 is 14.0 Å². The maximum atomic E-state index is 13.4. The van der Waals surface area contributed by atoms with E-state index < -0.39 is 0 Å². The number of hydrogen-bond acceptors (Lipinski definition) is 3. The van der Waals surface area contributed by atoms with E-state index in [1.807, 2.05) is 37.3 Å². The van der Waals surface area contributed by atoms with Gasteiger partial charge in [0.05, 0.1) is 11.4 Å². The lowest BCUT2D eigenvalue weighted by Gasteiger charge is -2.11. The third-order valence-corrected chi connectivity index (χ3v) is 5.16. The van der Waals surface area contributed by atoms with Gasteiger partial charge in [0.1, 0.15) is 11.6 Å². The highest BCUT2D eigenvalue weighted by Gasteiger charge is 2.19. The summed E-state index contributed by atoms with van der Waals surface area (Å²) in [5.74, 6) is -0.300. The van der Waals surface area contributed by atoms with E-state index in [0.29, 0.717) is 34.9 Å². The summed E-state index contributed by atoms with van der Waals surface area (Å²) in [7, 11) is 0. The van der Waals surface area contributed by atoms with Crippen molar-refractivity contribution >= 4 is 17.6 Å². The van der Waals surface area contributed by atoms with Crippen LogP contribution in [-0.4, -0.2) is 21.6 Å². The van der Waals surface area contributed by atoms with Crippen molar-refractivity contribution in [1.29, 1.82) is 0 Å². The first kappa shape index (κ1) is 22.0. The molecule has 0 atom stereocenters. The lowest BCUT2D eigenvalue weighted by molar-refractivity contribution is -0.114. The van der Waals surface area contributed by atoms with Gasteiger partial charge in [-0.3, -0.25) is 9.59 Å². The number of carbonyl (C=O) groups is 2. The fraction of sp³-hybridized carbons (Fsp3) is 0.115. The summed E-state index contributed by atoms with van der Waals surface area (Å²) in [5.41, 5.74) is 4.32. The third kappa shape index (κ3) is 4.98. The number of amides is 2. The highest BCUT2D eigenvalue weighted by atomic mass is 19.1. The molecule has 33 heavy (non-hydrogen) atoms. The summed E-state index contributed by atoms with van der Waals surface area (Å²) in [6.45, 7) is 3.68. The second kappa shape index (κ2) is 9.48. The first-order valence-corrected chi connectivity index (χ1v) is 10.5. The van der Waals surface area contributed by atoms with E-state index in [1.54, 1.807) is 41.1 Å². The van der Waals surface area contributed by atoms with Crippen LogP contribution in [0.4, 0.5) is 10.2 Å². The summed E-state index contributed by atoms with van der Waals surface area (Å²) in [6, 6.07) is 22.7. The molecule has 4 rings (SSSR count). The Labute approximate surface area is 191 Å². The number of aryl methyl sites for hydroxylation is 1. The number of aromatic nitrogens is 2. The zero-order valence-corrected chi connectivity index (χ0v) is 18.3. The maximum absolute atomic E-state index is 13.4. The van der Waals surface area contributed by atoms with Gasteiger partial charge in [-0.25, -0.2) is 9.07 Å². The molecule has 0 bridgehead atoms. The molecule has 166 valence electrons. The van der Waals surface area contributed by atoms with Crippen molar-refractivity contribution in [3.8, 4) is 16.8 Å². The molecule has 1 heterocycles. The van der Waals surface area contributed by atoms with Gasteiger partial charge in [0.25, 0.3) is 5.91 Å².